The summed E-state index contributed by atoms with van der Waals surface area (Å²) in [6.07, 6.45) is 2.15. The number of piperidine rings is 1. The number of hydrogen-bond donors (Lipinski definition) is 1. The Labute approximate surface area is 138 Å². The van der Waals surface area contributed by atoms with Gasteiger partial charge in [0.25, 0.3) is 0 Å². The lowest BCUT2D eigenvalue weighted by molar-refractivity contribution is -0.119. The quantitative estimate of drug-likeness (QED) is 0.873. The van der Waals surface area contributed by atoms with Gasteiger partial charge in [0.1, 0.15) is 0 Å². The number of likely N-dealkylation sites (tertiary alicyclic amines) is 1. The summed E-state index contributed by atoms with van der Waals surface area (Å²) in [6, 6.07) is 9.47. The molecule has 1 aromatic carbocycles. The topological polar surface area (TPSA) is 32.3 Å². The number of rotatable bonds is 6. The van der Waals surface area contributed by atoms with Crippen LogP contribution in [0.3, 0.4) is 0 Å². The molecule has 0 saturated carbocycles. The summed E-state index contributed by atoms with van der Waals surface area (Å²) in [6.45, 7) is 8.77. The van der Waals surface area contributed by atoms with Crippen molar-refractivity contribution in [2.45, 2.75) is 51.4 Å². The van der Waals surface area contributed by atoms with Crippen molar-refractivity contribution in [2.24, 2.45) is 0 Å². The number of carbonyl (C=O) groups is 1. The molecule has 1 aliphatic heterocycles. The molecule has 0 unspecified atom stereocenters. The van der Waals surface area contributed by atoms with Crippen LogP contribution in [0.2, 0.25) is 0 Å². The highest BCUT2D eigenvalue weighted by Gasteiger charge is 2.21. The van der Waals surface area contributed by atoms with Crippen molar-refractivity contribution in [3.8, 4) is 0 Å². The van der Waals surface area contributed by atoms with Gasteiger partial charge in [-0.2, -0.15) is 0 Å². The second kappa shape index (κ2) is 8.59. The molecule has 1 saturated heterocycles. The molecule has 1 aromatic rings. The Hall–Kier alpha value is -1.00. The normalized spacial score (nSPS) is 16.9. The maximum atomic E-state index is 12.0. The first-order chi connectivity index (χ1) is 10.5. The van der Waals surface area contributed by atoms with Gasteiger partial charge >= 0.3 is 0 Å². The van der Waals surface area contributed by atoms with Crippen molar-refractivity contribution >= 4 is 17.7 Å². The zero-order valence-electron chi connectivity index (χ0n) is 14.0. The number of hydrogen-bond acceptors (Lipinski definition) is 3. The fourth-order valence-corrected chi connectivity index (χ4v) is 3.68. The van der Waals surface area contributed by atoms with Crippen LogP contribution in [0.4, 0.5) is 0 Å². The lowest BCUT2D eigenvalue weighted by Crippen LogP contribution is -2.47. The molecule has 0 aromatic heterocycles. The highest BCUT2D eigenvalue weighted by Crippen LogP contribution is 2.15. The van der Waals surface area contributed by atoms with Crippen molar-refractivity contribution < 1.29 is 4.79 Å². The summed E-state index contributed by atoms with van der Waals surface area (Å²) < 4.78 is 0. The molecule has 1 N–H and O–H groups in total. The van der Waals surface area contributed by atoms with Crippen LogP contribution in [0.25, 0.3) is 0 Å². The molecule has 22 heavy (non-hydrogen) atoms. The van der Waals surface area contributed by atoms with Crippen LogP contribution in [-0.2, 0) is 10.5 Å². The number of nitrogens with one attached hydrogen (secondary N) is 1. The van der Waals surface area contributed by atoms with E-state index in [-0.39, 0.29) is 5.91 Å². The van der Waals surface area contributed by atoms with E-state index < -0.39 is 0 Å². The smallest absolute Gasteiger partial charge is 0.230 e. The van der Waals surface area contributed by atoms with E-state index in [1.54, 1.807) is 11.8 Å². The number of thioether (sulfide) groups is 1. The number of aryl methyl sites for hydroxylation is 1. The Morgan fingerprint density at radius 2 is 2.09 bits per heavy atom. The summed E-state index contributed by atoms with van der Waals surface area (Å²) in [7, 11) is 0. The molecule has 1 amide bonds. The molecule has 2 rings (SSSR count). The molecule has 0 aliphatic carbocycles. The Morgan fingerprint density at radius 1 is 1.36 bits per heavy atom. The summed E-state index contributed by atoms with van der Waals surface area (Å²) >= 11 is 1.69. The second-order valence-corrected chi connectivity index (χ2v) is 7.44. The van der Waals surface area contributed by atoms with Gasteiger partial charge in [-0.3, -0.25) is 4.79 Å². The molecule has 1 heterocycles. The van der Waals surface area contributed by atoms with E-state index in [4.69, 9.17) is 0 Å². The maximum absolute atomic E-state index is 12.0. The second-order valence-electron chi connectivity index (χ2n) is 6.45. The summed E-state index contributed by atoms with van der Waals surface area (Å²) in [5.41, 5.74) is 2.57. The Bertz CT molecular complexity index is 482. The van der Waals surface area contributed by atoms with Crippen LogP contribution in [0.15, 0.2) is 24.3 Å². The molecule has 4 heteroatoms. The van der Waals surface area contributed by atoms with E-state index in [0.717, 1.165) is 31.7 Å². The highest BCUT2D eigenvalue weighted by molar-refractivity contribution is 7.99. The molecular weight excluding hydrogens is 292 g/mol. The van der Waals surface area contributed by atoms with Gasteiger partial charge in [0.15, 0.2) is 0 Å². The first kappa shape index (κ1) is 17.4. The standard InChI is InChI=1S/C18H28N2OS/c1-14(2)20-9-7-17(8-10-20)19-18(21)13-22-12-16-6-4-5-15(3)11-16/h4-6,11,14,17H,7-10,12-13H2,1-3H3,(H,19,21). The van der Waals surface area contributed by atoms with Crippen molar-refractivity contribution in [3.05, 3.63) is 35.4 Å². The van der Waals surface area contributed by atoms with Gasteiger partial charge in [-0.05, 0) is 39.2 Å². The summed E-state index contributed by atoms with van der Waals surface area (Å²) in [5, 5.41) is 3.19. The van der Waals surface area contributed by atoms with Crippen LogP contribution in [0.5, 0.6) is 0 Å². The van der Waals surface area contributed by atoms with E-state index in [1.807, 2.05) is 0 Å². The zero-order valence-corrected chi connectivity index (χ0v) is 14.8. The fraction of sp³-hybridized carbons (Fsp3) is 0.611. The lowest BCUT2D eigenvalue weighted by atomic mass is 10.0. The molecule has 0 bridgehead atoms. The average Bonchev–Trinajstić information content (AvgIpc) is 2.48. The van der Waals surface area contributed by atoms with Gasteiger partial charge < -0.3 is 10.2 Å². The van der Waals surface area contributed by atoms with E-state index in [1.165, 1.54) is 11.1 Å². The number of amides is 1. The monoisotopic (exact) mass is 320 g/mol. The van der Waals surface area contributed by atoms with Crippen molar-refractivity contribution in [1.29, 1.82) is 0 Å². The third kappa shape index (κ3) is 5.65. The Morgan fingerprint density at radius 3 is 2.73 bits per heavy atom. The van der Waals surface area contributed by atoms with E-state index in [0.29, 0.717) is 17.8 Å². The molecule has 0 spiro atoms. The SMILES string of the molecule is Cc1cccc(CSCC(=O)NC2CCN(C(C)C)CC2)c1. The molecule has 3 nitrogen and oxygen atoms in total. The first-order valence-electron chi connectivity index (χ1n) is 8.21. The van der Waals surface area contributed by atoms with Gasteiger partial charge in [0.2, 0.25) is 5.91 Å². The van der Waals surface area contributed by atoms with Gasteiger partial charge in [0.05, 0.1) is 5.75 Å². The molecule has 1 fully saturated rings. The van der Waals surface area contributed by atoms with Gasteiger partial charge in [-0.1, -0.05) is 29.8 Å². The predicted molar refractivity (Wildman–Crippen MR) is 95.2 cm³/mol. The summed E-state index contributed by atoms with van der Waals surface area (Å²) in [5.74, 6) is 1.64. The number of benzene rings is 1. The minimum Gasteiger partial charge on any atom is -0.353 e. The van der Waals surface area contributed by atoms with E-state index in [9.17, 15) is 4.79 Å². The van der Waals surface area contributed by atoms with Crippen LogP contribution < -0.4 is 5.32 Å². The summed E-state index contributed by atoms with van der Waals surface area (Å²) in [4.78, 5) is 14.5. The molecule has 122 valence electrons. The van der Waals surface area contributed by atoms with Crippen LogP contribution in [-0.4, -0.2) is 41.7 Å². The minimum atomic E-state index is 0.181. The molecule has 0 atom stereocenters. The van der Waals surface area contributed by atoms with Crippen LogP contribution >= 0.6 is 11.8 Å². The predicted octanol–water partition coefficient (Wildman–Crippen LogP) is 3.22. The Balaban J connectivity index is 1.64. The fourth-order valence-electron chi connectivity index (χ4n) is 2.89. The van der Waals surface area contributed by atoms with Crippen LogP contribution in [0.1, 0.15) is 37.8 Å². The van der Waals surface area contributed by atoms with Crippen LogP contribution in [0, 0.1) is 6.92 Å². The van der Waals surface area contributed by atoms with Gasteiger partial charge in [0, 0.05) is 30.9 Å². The lowest BCUT2D eigenvalue weighted by Gasteiger charge is -2.34. The van der Waals surface area contributed by atoms with Gasteiger partial charge in [-0.15, -0.1) is 11.8 Å². The maximum Gasteiger partial charge on any atom is 0.230 e. The third-order valence-electron chi connectivity index (χ3n) is 4.21. The van der Waals surface area contributed by atoms with Gasteiger partial charge in [-0.25, -0.2) is 0 Å². The zero-order chi connectivity index (χ0) is 15.9. The molecule has 0 radical (unpaired) electrons. The molecular formula is C18H28N2OS. The van der Waals surface area contributed by atoms with E-state index >= 15 is 0 Å². The third-order valence-corrected chi connectivity index (χ3v) is 5.21. The minimum absolute atomic E-state index is 0.181. The van der Waals surface area contributed by atoms with Crippen molar-refractivity contribution in [3.63, 3.8) is 0 Å². The average molecular weight is 321 g/mol. The first-order valence-corrected chi connectivity index (χ1v) is 9.37. The van der Waals surface area contributed by atoms with Crippen molar-refractivity contribution in [2.75, 3.05) is 18.8 Å². The number of nitrogens with zero attached hydrogens (tertiary/aromatic N) is 1. The number of carbonyl (C=O) groups excluding carboxylic acids is 1. The van der Waals surface area contributed by atoms with Crippen molar-refractivity contribution in [1.82, 2.24) is 10.2 Å². The largest absolute Gasteiger partial charge is 0.353 e. The van der Waals surface area contributed by atoms with E-state index in [2.05, 4.69) is 55.3 Å². The molecule has 1 aliphatic rings. The Kier molecular flexibility index (Phi) is 6.77. The highest BCUT2D eigenvalue weighted by atomic mass is 32.2.